The molecule has 0 aromatic rings. The van der Waals surface area contributed by atoms with Gasteiger partial charge in [-0.1, -0.05) is 0 Å². The molecule has 1 aliphatic heterocycles. The number of nitrogens with zero attached hydrogens (tertiary/aromatic N) is 1. The Morgan fingerprint density at radius 2 is 2.00 bits per heavy atom. The monoisotopic (exact) mass is 258 g/mol. The van der Waals surface area contributed by atoms with E-state index in [1.807, 2.05) is 6.92 Å². The van der Waals surface area contributed by atoms with E-state index in [-0.39, 0.29) is 6.10 Å². The van der Waals surface area contributed by atoms with Gasteiger partial charge in [-0.2, -0.15) is 0 Å². The smallest absolute Gasteiger partial charge is 0.0900 e. The fraction of sp³-hybridized carbons (Fsp3) is 1.00. The number of rotatable bonds is 8. The number of ether oxygens (including phenoxy) is 1. The molecule has 1 fully saturated rings. The van der Waals surface area contributed by atoms with Crippen LogP contribution in [-0.2, 0) is 4.74 Å². The second-order valence-electron chi connectivity index (χ2n) is 5.55. The van der Waals surface area contributed by atoms with E-state index in [0.717, 1.165) is 32.1 Å². The summed E-state index contributed by atoms with van der Waals surface area (Å²) in [7, 11) is 0. The van der Waals surface area contributed by atoms with Crippen LogP contribution >= 0.6 is 0 Å². The molecule has 1 aliphatic rings. The van der Waals surface area contributed by atoms with Gasteiger partial charge in [-0.05, 0) is 52.6 Å². The molecule has 0 spiro atoms. The molecule has 0 aliphatic carbocycles. The van der Waals surface area contributed by atoms with Gasteiger partial charge in [0.05, 0.1) is 12.7 Å². The molecule has 0 aromatic carbocycles. The summed E-state index contributed by atoms with van der Waals surface area (Å²) < 4.78 is 5.28. The quantitative estimate of drug-likeness (QED) is 0.684. The van der Waals surface area contributed by atoms with Crippen LogP contribution in [0.2, 0.25) is 0 Å². The second-order valence-corrected chi connectivity index (χ2v) is 5.55. The van der Waals surface area contributed by atoms with E-state index < -0.39 is 0 Å². The highest BCUT2D eigenvalue weighted by atomic mass is 16.5. The van der Waals surface area contributed by atoms with E-state index in [1.165, 1.54) is 12.8 Å². The number of hydrogen-bond donors (Lipinski definition) is 2. The molecule has 0 aromatic heterocycles. The fourth-order valence-corrected chi connectivity index (χ4v) is 2.47. The first-order valence-electron chi connectivity index (χ1n) is 7.34. The lowest BCUT2D eigenvalue weighted by atomic mass is 9.97. The Bertz CT molecular complexity index is 206. The van der Waals surface area contributed by atoms with Crippen molar-refractivity contribution < 1.29 is 9.84 Å². The molecule has 108 valence electrons. The van der Waals surface area contributed by atoms with Crippen LogP contribution in [0.5, 0.6) is 0 Å². The van der Waals surface area contributed by atoms with E-state index in [9.17, 15) is 5.11 Å². The highest BCUT2D eigenvalue weighted by molar-refractivity contribution is 4.76. The van der Waals surface area contributed by atoms with Crippen molar-refractivity contribution in [3.63, 3.8) is 0 Å². The van der Waals surface area contributed by atoms with Gasteiger partial charge in [-0.3, -0.25) is 4.90 Å². The van der Waals surface area contributed by atoms with E-state index in [4.69, 9.17) is 4.74 Å². The molecule has 0 radical (unpaired) electrons. The first-order valence-corrected chi connectivity index (χ1v) is 7.34. The van der Waals surface area contributed by atoms with Crippen molar-refractivity contribution in [3.8, 4) is 0 Å². The summed E-state index contributed by atoms with van der Waals surface area (Å²) >= 11 is 0. The Labute approximate surface area is 112 Å². The molecule has 1 rings (SSSR count). The van der Waals surface area contributed by atoms with Crippen LogP contribution in [-0.4, -0.2) is 61.5 Å². The minimum absolute atomic E-state index is 0.367. The van der Waals surface area contributed by atoms with E-state index in [0.29, 0.717) is 19.3 Å². The van der Waals surface area contributed by atoms with Crippen molar-refractivity contribution in [3.05, 3.63) is 0 Å². The molecule has 1 unspecified atom stereocenters. The van der Waals surface area contributed by atoms with Crippen molar-refractivity contribution in [1.29, 1.82) is 0 Å². The summed E-state index contributed by atoms with van der Waals surface area (Å²) in [5, 5.41) is 13.3. The third kappa shape index (κ3) is 6.14. The molecule has 0 amide bonds. The zero-order valence-electron chi connectivity index (χ0n) is 12.2. The van der Waals surface area contributed by atoms with Crippen LogP contribution in [0.15, 0.2) is 0 Å². The first-order chi connectivity index (χ1) is 8.63. The van der Waals surface area contributed by atoms with Crippen LogP contribution in [0.1, 0.15) is 33.6 Å². The highest BCUT2D eigenvalue weighted by Gasteiger charge is 2.20. The lowest BCUT2D eigenvalue weighted by molar-refractivity contribution is 0.0106. The molecule has 1 heterocycles. The maximum Gasteiger partial charge on any atom is 0.0900 e. The Morgan fingerprint density at radius 3 is 2.56 bits per heavy atom. The molecule has 18 heavy (non-hydrogen) atoms. The first kappa shape index (κ1) is 15.9. The third-order valence-electron chi connectivity index (χ3n) is 3.64. The maximum atomic E-state index is 9.95. The Morgan fingerprint density at radius 1 is 1.33 bits per heavy atom. The number of piperidine rings is 1. The summed E-state index contributed by atoms with van der Waals surface area (Å²) in [6.45, 7) is 11.6. The standard InChI is InChI=1S/C14H30N2O2/c1-4-18-11-14(17)10-16(12(2)3)9-13-5-7-15-8-6-13/h12-15,17H,4-11H2,1-3H3. The lowest BCUT2D eigenvalue weighted by Gasteiger charge is -2.33. The maximum absolute atomic E-state index is 9.95. The van der Waals surface area contributed by atoms with Crippen LogP contribution < -0.4 is 5.32 Å². The van der Waals surface area contributed by atoms with Gasteiger partial charge in [-0.25, -0.2) is 0 Å². The van der Waals surface area contributed by atoms with E-state index in [1.54, 1.807) is 0 Å². The van der Waals surface area contributed by atoms with Crippen molar-refractivity contribution in [2.75, 3.05) is 39.4 Å². The van der Waals surface area contributed by atoms with Crippen LogP contribution in [0.25, 0.3) is 0 Å². The van der Waals surface area contributed by atoms with Gasteiger partial charge in [0, 0.05) is 25.7 Å². The Hall–Kier alpha value is -0.160. The van der Waals surface area contributed by atoms with Gasteiger partial charge < -0.3 is 15.2 Å². The van der Waals surface area contributed by atoms with Crippen molar-refractivity contribution >= 4 is 0 Å². The zero-order valence-corrected chi connectivity index (χ0v) is 12.2. The number of hydrogen-bond acceptors (Lipinski definition) is 4. The second kappa shape index (κ2) is 8.86. The lowest BCUT2D eigenvalue weighted by Crippen LogP contribution is -2.44. The van der Waals surface area contributed by atoms with Crippen LogP contribution in [0.4, 0.5) is 0 Å². The number of aliphatic hydroxyl groups excluding tert-OH is 1. The minimum Gasteiger partial charge on any atom is -0.389 e. The largest absolute Gasteiger partial charge is 0.389 e. The summed E-state index contributed by atoms with van der Waals surface area (Å²) in [5.74, 6) is 0.771. The van der Waals surface area contributed by atoms with Crippen LogP contribution in [0.3, 0.4) is 0 Å². The van der Waals surface area contributed by atoms with Gasteiger partial charge >= 0.3 is 0 Å². The van der Waals surface area contributed by atoms with Gasteiger partial charge in [0.1, 0.15) is 0 Å². The molecule has 4 nitrogen and oxygen atoms in total. The third-order valence-corrected chi connectivity index (χ3v) is 3.64. The fourth-order valence-electron chi connectivity index (χ4n) is 2.47. The summed E-state index contributed by atoms with van der Waals surface area (Å²) in [6.07, 6.45) is 2.14. The number of aliphatic hydroxyl groups is 1. The molecular formula is C14H30N2O2. The average molecular weight is 258 g/mol. The SMILES string of the molecule is CCOCC(O)CN(CC1CCNCC1)C(C)C. The van der Waals surface area contributed by atoms with Gasteiger partial charge in [0.2, 0.25) is 0 Å². The minimum atomic E-state index is -0.367. The topological polar surface area (TPSA) is 44.7 Å². The van der Waals surface area contributed by atoms with Gasteiger partial charge in [0.25, 0.3) is 0 Å². The molecular weight excluding hydrogens is 228 g/mol. The van der Waals surface area contributed by atoms with E-state index in [2.05, 4.69) is 24.1 Å². The molecule has 1 saturated heterocycles. The average Bonchev–Trinajstić information content (AvgIpc) is 2.36. The predicted octanol–water partition coefficient (Wildman–Crippen LogP) is 1.09. The normalized spacial score (nSPS) is 19.7. The summed E-state index contributed by atoms with van der Waals surface area (Å²) in [6, 6.07) is 0.483. The molecule has 2 N–H and O–H groups in total. The zero-order chi connectivity index (χ0) is 13.4. The molecule has 0 bridgehead atoms. The van der Waals surface area contributed by atoms with E-state index >= 15 is 0 Å². The highest BCUT2D eigenvalue weighted by Crippen LogP contribution is 2.15. The summed E-state index contributed by atoms with van der Waals surface area (Å²) in [5.41, 5.74) is 0. The number of nitrogens with one attached hydrogen (secondary N) is 1. The van der Waals surface area contributed by atoms with Crippen LogP contribution in [0, 0.1) is 5.92 Å². The van der Waals surface area contributed by atoms with Crippen molar-refractivity contribution in [2.45, 2.75) is 45.8 Å². The van der Waals surface area contributed by atoms with Crippen molar-refractivity contribution in [2.24, 2.45) is 5.92 Å². The Kier molecular flexibility index (Phi) is 7.82. The van der Waals surface area contributed by atoms with Gasteiger partial charge in [0.15, 0.2) is 0 Å². The Balaban J connectivity index is 2.33. The predicted molar refractivity (Wildman–Crippen MR) is 74.8 cm³/mol. The molecule has 1 atom stereocenters. The summed E-state index contributed by atoms with van der Waals surface area (Å²) in [4.78, 5) is 2.39. The molecule has 0 saturated carbocycles. The molecule has 4 heteroatoms. The van der Waals surface area contributed by atoms with Crippen molar-refractivity contribution in [1.82, 2.24) is 10.2 Å². The van der Waals surface area contributed by atoms with Gasteiger partial charge in [-0.15, -0.1) is 0 Å².